The third-order valence-corrected chi connectivity index (χ3v) is 6.16. The van der Waals surface area contributed by atoms with Gasteiger partial charge in [-0.05, 0) is 36.8 Å². The highest BCUT2D eigenvalue weighted by Gasteiger charge is 2.27. The number of rotatable bonds is 19. The molecule has 0 heterocycles. The van der Waals surface area contributed by atoms with Gasteiger partial charge in [-0.25, -0.2) is 4.79 Å². The summed E-state index contributed by atoms with van der Waals surface area (Å²) in [5, 5.41) is 30.7. The summed E-state index contributed by atoms with van der Waals surface area (Å²) in [6.07, 6.45) is 0.277. The summed E-state index contributed by atoms with van der Waals surface area (Å²) in [4.78, 5) is 67.5. The van der Waals surface area contributed by atoms with E-state index in [4.69, 9.17) is 0 Å². The molecule has 0 fully saturated rings. The molecule has 230 valence electrons. The highest BCUT2D eigenvalue weighted by atomic mass is 16.4. The lowest BCUT2D eigenvalue weighted by molar-refractivity contribution is -0.143. The Morgan fingerprint density at radius 2 is 1.39 bits per heavy atom. The van der Waals surface area contributed by atoms with Gasteiger partial charge in [0.1, 0.15) is 12.6 Å². The van der Waals surface area contributed by atoms with Crippen molar-refractivity contribution in [1.82, 2.24) is 20.0 Å². The van der Waals surface area contributed by atoms with Gasteiger partial charge in [0, 0.05) is 44.8 Å². The van der Waals surface area contributed by atoms with Crippen molar-refractivity contribution in [3.8, 4) is 0 Å². The van der Waals surface area contributed by atoms with Crippen LogP contribution in [0, 0.1) is 11.8 Å². The molecule has 41 heavy (non-hydrogen) atoms. The van der Waals surface area contributed by atoms with Crippen LogP contribution < -0.4 is 5.32 Å². The number of amides is 4. The molecule has 1 atom stereocenters. The third-order valence-electron chi connectivity index (χ3n) is 6.16. The predicted octanol–water partition coefficient (Wildman–Crippen LogP) is 0.822. The average Bonchev–Trinajstić information content (AvgIpc) is 2.91. The van der Waals surface area contributed by atoms with Crippen LogP contribution in [0.1, 0.15) is 57.3 Å². The fraction of sp³-hybridized carbons (Fsp3) is 0.621. The van der Waals surface area contributed by atoms with Crippen LogP contribution in [0.2, 0.25) is 0 Å². The van der Waals surface area contributed by atoms with Gasteiger partial charge in [0.25, 0.3) is 5.91 Å². The number of benzene rings is 1. The molecule has 0 radical (unpaired) electrons. The second kappa shape index (κ2) is 18.8. The van der Waals surface area contributed by atoms with E-state index in [1.54, 1.807) is 30.3 Å². The monoisotopic (exact) mass is 578 g/mol. The molecule has 0 aliphatic rings. The largest absolute Gasteiger partial charge is 0.480 e. The Morgan fingerprint density at radius 3 is 1.93 bits per heavy atom. The van der Waals surface area contributed by atoms with Crippen molar-refractivity contribution in [3.05, 3.63) is 35.9 Å². The molecule has 0 unspecified atom stereocenters. The molecular weight excluding hydrogens is 532 g/mol. The summed E-state index contributed by atoms with van der Waals surface area (Å²) in [7, 11) is 0. The number of nitrogens with one attached hydrogen (secondary N) is 1. The van der Waals surface area contributed by atoms with Crippen LogP contribution in [0.4, 0.5) is 0 Å². The Labute approximate surface area is 242 Å². The van der Waals surface area contributed by atoms with Crippen LogP contribution in [-0.4, -0.2) is 118 Å². The first-order valence-corrected chi connectivity index (χ1v) is 14.0. The summed E-state index contributed by atoms with van der Waals surface area (Å²) in [6, 6.07) is 7.53. The lowest BCUT2D eigenvalue weighted by Crippen LogP contribution is -2.49. The van der Waals surface area contributed by atoms with Crippen molar-refractivity contribution in [3.63, 3.8) is 0 Å². The molecular formula is C29H46N4O8. The second-order valence-corrected chi connectivity index (χ2v) is 10.8. The molecule has 1 rings (SSSR count). The van der Waals surface area contributed by atoms with Crippen molar-refractivity contribution in [2.24, 2.45) is 11.8 Å². The zero-order valence-electron chi connectivity index (χ0n) is 24.6. The van der Waals surface area contributed by atoms with Gasteiger partial charge in [0.15, 0.2) is 0 Å². The average molecular weight is 579 g/mol. The third kappa shape index (κ3) is 13.6. The van der Waals surface area contributed by atoms with E-state index in [2.05, 4.69) is 5.32 Å². The van der Waals surface area contributed by atoms with Gasteiger partial charge >= 0.3 is 5.97 Å². The first-order chi connectivity index (χ1) is 19.4. The summed E-state index contributed by atoms with van der Waals surface area (Å²) in [5.74, 6) is -2.89. The van der Waals surface area contributed by atoms with Crippen molar-refractivity contribution in [1.29, 1.82) is 0 Å². The van der Waals surface area contributed by atoms with Gasteiger partial charge < -0.3 is 35.3 Å². The van der Waals surface area contributed by atoms with Crippen molar-refractivity contribution in [2.45, 2.75) is 53.0 Å². The minimum absolute atomic E-state index is 0.0470. The van der Waals surface area contributed by atoms with Crippen molar-refractivity contribution in [2.75, 3.05) is 52.5 Å². The van der Waals surface area contributed by atoms with Gasteiger partial charge in [-0.2, -0.15) is 0 Å². The highest BCUT2D eigenvalue weighted by Crippen LogP contribution is 2.10. The zero-order chi connectivity index (χ0) is 30.9. The number of carbonyl (C=O) groups is 5. The number of hydrogen-bond acceptors (Lipinski definition) is 7. The van der Waals surface area contributed by atoms with Crippen LogP contribution in [0.5, 0.6) is 0 Å². The Morgan fingerprint density at radius 1 is 0.780 bits per heavy atom. The number of aliphatic hydroxyl groups is 2. The molecule has 4 N–H and O–H groups in total. The first kappa shape index (κ1) is 35.5. The number of hydrogen-bond donors (Lipinski definition) is 4. The number of carboxylic acids is 1. The van der Waals surface area contributed by atoms with E-state index in [9.17, 15) is 39.3 Å². The van der Waals surface area contributed by atoms with Crippen molar-refractivity contribution < 1.29 is 39.3 Å². The maximum Gasteiger partial charge on any atom is 0.326 e. The molecule has 0 saturated carbocycles. The Bertz CT molecular complexity index is 986. The number of carboxylic acid groups (broad SMARTS) is 1. The van der Waals surface area contributed by atoms with Crippen LogP contribution >= 0.6 is 0 Å². The van der Waals surface area contributed by atoms with Gasteiger partial charge in [-0.3, -0.25) is 19.2 Å². The zero-order valence-corrected chi connectivity index (χ0v) is 24.6. The second-order valence-electron chi connectivity index (χ2n) is 10.8. The maximum atomic E-state index is 13.3. The normalized spacial score (nSPS) is 11.7. The maximum absolute atomic E-state index is 13.3. The lowest BCUT2D eigenvalue weighted by Gasteiger charge is -2.30. The fourth-order valence-corrected chi connectivity index (χ4v) is 4.18. The van der Waals surface area contributed by atoms with Crippen LogP contribution in [-0.2, 0) is 19.2 Å². The van der Waals surface area contributed by atoms with E-state index < -0.39 is 29.7 Å². The summed E-state index contributed by atoms with van der Waals surface area (Å²) in [6.45, 7) is 6.51. The van der Waals surface area contributed by atoms with Gasteiger partial charge in [-0.15, -0.1) is 0 Å². The van der Waals surface area contributed by atoms with E-state index in [1.807, 2.05) is 27.7 Å². The smallest absolute Gasteiger partial charge is 0.326 e. The molecule has 0 spiro atoms. The van der Waals surface area contributed by atoms with E-state index >= 15 is 0 Å². The predicted molar refractivity (Wildman–Crippen MR) is 153 cm³/mol. The van der Waals surface area contributed by atoms with E-state index in [1.165, 1.54) is 14.7 Å². The number of carbonyl (C=O) groups excluding carboxylic acids is 4. The first-order valence-electron chi connectivity index (χ1n) is 14.0. The van der Waals surface area contributed by atoms with E-state index in [0.29, 0.717) is 12.1 Å². The molecule has 0 bridgehead atoms. The Kier molecular flexibility index (Phi) is 16.3. The number of aliphatic hydroxyl groups excluding tert-OH is 2. The molecule has 4 amide bonds. The minimum Gasteiger partial charge on any atom is -0.480 e. The van der Waals surface area contributed by atoms with E-state index in [-0.39, 0.29) is 82.9 Å². The van der Waals surface area contributed by atoms with E-state index in [0.717, 1.165) is 0 Å². The van der Waals surface area contributed by atoms with Gasteiger partial charge in [0.2, 0.25) is 17.7 Å². The summed E-state index contributed by atoms with van der Waals surface area (Å²) < 4.78 is 0. The molecule has 0 aliphatic heterocycles. The van der Waals surface area contributed by atoms with Crippen LogP contribution in [0.3, 0.4) is 0 Å². The molecule has 0 saturated heterocycles. The number of nitrogens with zero attached hydrogens (tertiary/aromatic N) is 3. The summed E-state index contributed by atoms with van der Waals surface area (Å²) >= 11 is 0. The molecule has 12 heteroatoms. The SMILES string of the molecule is CC(C)C[C@H](NC(=O)CCN(CCO)C(=O)CN(CCCO)C(=O)CN(CC(C)C)C(=O)c1ccccc1)C(=O)O. The molecule has 1 aromatic rings. The minimum atomic E-state index is -1.15. The molecule has 0 aliphatic carbocycles. The summed E-state index contributed by atoms with van der Waals surface area (Å²) in [5.41, 5.74) is 0.435. The topological polar surface area (TPSA) is 168 Å². The lowest BCUT2D eigenvalue weighted by atomic mass is 10.0. The number of aliphatic carboxylic acids is 1. The van der Waals surface area contributed by atoms with Gasteiger partial charge in [-0.1, -0.05) is 45.9 Å². The standard InChI is InChI=1S/C29H46N4O8/c1-21(2)17-24(29(40)41)30-25(36)11-13-31(14-16-35)26(37)19-32(12-8-15-34)27(38)20-33(18-22(3)4)28(39)23-9-6-5-7-10-23/h5-7,9-10,21-22,24,34-35H,8,11-20H2,1-4H3,(H,30,36)(H,40,41)/t24-/m0/s1. The van der Waals surface area contributed by atoms with Crippen LogP contribution in [0.25, 0.3) is 0 Å². The molecule has 0 aromatic heterocycles. The molecule has 12 nitrogen and oxygen atoms in total. The molecule has 1 aromatic carbocycles. The fourth-order valence-electron chi connectivity index (χ4n) is 4.18. The quantitative estimate of drug-likeness (QED) is 0.187. The van der Waals surface area contributed by atoms with Crippen molar-refractivity contribution >= 4 is 29.6 Å². The highest BCUT2D eigenvalue weighted by molar-refractivity contribution is 5.97. The Balaban J connectivity index is 2.96. The van der Waals surface area contributed by atoms with Crippen LogP contribution in [0.15, 0.2) is 30.3 Å². The van der Waals surface area contributed by atoms with Gasteiger partial charge in [0.05, 0.1) is 13.2 Å². The Hall–Kier alpha value is -3.51.